The largest absolute Gasteiger partial charge is 0.461 e. The molecule has 6 nitrogen and oxygen atoms in total. The molecule has 3 heterocycles. The highest BCUT2D eigenvalue weighted by atomic mass is 32.1. The van der Waals surface area contributed by atoms with Crippen LogP contribution in [0.3, 0.4) is 0 Å². The van der Waals surface area contributed by atoms with Crippen molar-refractivity contribution in [1.29, 1.82) is 0 Å². The molecule has 0 aliphatic heterocycles. The van der Waals surface area contributed by atoms with Crippen LogP contribution in [-0.2, 0) is 16.1 Å². The number of thiazole rings is 1. The summed E-state index contributed by atoms with van der Waals surface area (Å²) >= 11 is 1.52. The van der Waals surface area contributed by atoms with E-state index in [0.717, 1.165) is 10.7 Å². The zero-order chi connectivity index (χ0) is 15.4. The monoisotopic (exact) mass is 316 g/mol. The summed E-state index contributed by atoms with van der Waals surface area (Å²) in [6.45, 7) is 1.94. The zero-order valence-corrected chi connectivity index (χ0v) is 12.5. The van der Waals surface area contributed by atoms with Gasteiger partial charge in [-0.2, -0.15) is 0 Å². The number of carbonyl (C=O) groups is 1. The number of esters is 1. The van der Waals surface area contributed by atoms with Gasteiger partial charge in [-0.15, -0.1) is 11.3 Å². The van der Waals surface area contributed by atoms with Crippen molar-refractivity contribution in [3.63, 3.8) is 0 Å². The molecule has 3 rings (SSSR count). The fraction of sp³-hybridized carbons (Fsp3) is 0.133. The Labute approximate surface area is 130 Å². The predicted molar refractivity (Wildman–Crippen MR) is 79.9 cm³/mol. The Hall–Kier alpha value is -2.67. The molecule has 0 fully saturated rings. The highest BCUT2D eigenvalue weighted by Gasteiger charge is 2.10. The van der Waals surface area contributed by atoms with Crippen molar-refractivity contribution in [3.8, 4) is 11.5 Å². The SMILES string of the molecule is Cc1nc(/C=C/C(=O)OCc2cc(-c3ccco3)on2)cs1. The van der Waals surface area contributed by atoms with E-state index in [-0.39, 0.29) is 6.61 Å². The highest BCUT2D eigenvalue weighted by molar-refractivity contribution is 7.09. The van der Waals surface area contributed by atoms with Gasteiger partial charge in [0.15, 0.2) is 5.76 Å². The Kier molecular flexibility index (Phi) is 4.15. The molecule has 0 aliphatic rings. The van der Waals surface area contributed by atoms with E-state index >= 15 is 0 Å². The number of nitrogens with zero attached hydrogens (tertiary/aromatic N) is 2. The molecule has 0 aliphatic carbocycles. The van der Waals surface area contributed by atoms with Gasteiger partial charge in [0, 0.05) is 17.5 Å². The topological polar surface area (TPSA) is 78.4 Å². The molecule has 0 saturated carbocycles. The molecule has 3 aromatic rings. The van der Waals surface area contributed by atoms with Gasteiger partial charge in [-0.05, 0) is 25.1 Å². The van der Waals surface area contributed by atoms with Gasteiger partial charge in [0.1, 0.15) is 12.3 Å². The smallest absolute Gasteiger partial charge is 0.331 e. The second-order valence-corrected chi connectivity index (χ2v) is 5.45. The van der Waals surface area contributed by atoms with Crippen molar-refractivity contribution >= 4 is 23.4 Å². The Morgan fingerprint density at radius 3 is 3.09 bits per heavy atom. The maximum Gasteiger partial charge on any atom is 0.331 e. The summed E-state index contributed by atoms with van der Waals surface area (Å²) in [6, 6.07) is 5.18. The summed E-state index contributed by atoms with van der Waals surface area (Å²) in [5.41, 5.74) is 1.25. The molecule has 0 unspecified atom stereocenters. The van der Waals surface area contributed by atoms with Gasteiger partial charge in [-0.3, -0.25) is 0 Å². The lowest BCUT2D eigenvalue weighted by atomic mass is 10.3. The highest BCUT2D eigenvalue weighted by Crippen LogP contribution is 2.20. The van der Waals surface area contributed by atoms with Crippen LogP contribution in [0.15, 0.2) is 44.9 Å². The first kappa shape index (κ1) is 14.3. The van der Waals surface area contributed by atoms with Gasteiger partial charge >= 0.3 is 5.97 Å². The predicted octanol–water partition coefficient (Wildman–Crippen LogP) is 3.46. The van der Waals surface area contributed by atoms with Crippen LogP contribution in [0.5, 0.6) is 0 Å². The lowest BCUT2D eigenvalue weighted by Crippen LogP contribution is -2.00. The van der Waals surface area contributed by atoms with E-state index in [1.165, 1.54) is 17.4 Å². The lowest BCUT2D eigenvalue weighted by molar-refractivity contribution is -0.139. The molecular weight excluding hydrogens is 304 g/mol. The van der Waals surface area contributed by atoms with E-state index in [0.29, 0.717) is 17.2 Å². The molecule has 0 spiro atoms. The van der Waals surface area contributed by atoms with Crippen LogP contribution in [0.1, 0.15) is 16.4 Å². The van der Waals surface area contributed by atoms with Crippen molar-refractivity contribution in [2.75, 3.05) is 0 Å². The van der Waals surface area contributed by atoms with Crippen LogP contribution in [0.25, 0.3) is 17.6 Å². The molecule has 0 aromatic carbocycles. The van der Waals surface area contributed by atoms with E-state index in [4.69, 9.17) is 13.7 Å². The average Bonchev–Trinajstić information content (AvgIpc) is 3.23. The zero-order valence-electron chi connectivity index (χ0n) is 11.7. The van der Waals surface area contributed by atoms with Gasteiger partial charge in [-0.1, -0.05) is 5.16 Å². The molecule has 0 saturated heterocycles. The van der Waals surface area contributed by atoms with Crippen molar-refractivity contribution in [2.24, 2.45) is 0 Å². The Bertz CT molecular complexity index is 786. The number of aryl methyl sites for hydroxylation is 1. The maximum absolute atomic E-state index is 11.6. The van der Waals surface area contributed by atoms with E-state index < -0.39 is 5.97 Å². The summed E-state index contributed by atoms with van der Waals surface area (Å²) in [5.74, 6) is 0.599. The fourth-order valence-electron chi connectivity index (χ4n) is 1.72. The third-order valence-corrected chi connectivity index (χ3v) is 3.50. The van der Waals surface area contributed by atoms with E-state index in [1.54, 1.807) is 30.5 Å². The fourth-order valence-corrected chi connectivity index (χ4v) is 2.30. The summed E-state index contributed by atoms with van der Waals surface area (Å²) in [4.78, 5) is 15.8. The molecule has 7 heteroatoms. The Morgan fingerprint density at radius 1 is 1.45 bits per heavy atom. The number of hydrogen-bond acceptors (Lipinski definition) is 7. The lowest BCUT2D eigenvalue weighted by Gasteiger charge is -1.96. The molecule has 0 radical (unpaired) electrons. The van der Waals surface area contributed by atoms with Crippen LogP contribution in [0.2, 0.25) is 0 Å². The molecular formula is C15H12N2O4S. The molecule has 0 atom stereocenters. The Morgan fingerprint density at radius 2 is 2.36 bits per heavy atom. The summed E-state index contributed by atoms with van der Waals surface area (Å²) < 4.78 is 15.4. The van der Waals surface area contributed by atoms with Gasteiger partial charge in [0.05, 0.1) is 17.0 Å². The Balaban J connectivity index is 1.54. The standard InChI is InChI=1S/C15H12N2O4S/c1-10-16-11(9-22-10)4-5-15(18)20-8-12-7-14(21-17-12)13-3-2-6-19-13/h2-7,9H,8H2,1H3/b5-4+. The van der Waals surface area contributed by atoms with Crippen molar-refractivity contribution in [1.82, 2.24) is 10.1 Å². The normalized spacial score (nSPS) is 11.1. The number of carbonyl (C=O) groups excluding carboxylic acids is 1. The van der Waals surface area contributed by atoms with Crippen molar-refractivity contribution in [2.45, 2.75) is 13.5 Å². The van der Waals surface area contributed by atoms with Gasteiger partial charge in [0.2, 0.25) is 5.76 Å². The minimum absolute atomic E-state index is 0.0312. The molecule has 0 bridgehead atoms. The van der Waals surface area contributed by atoms with E-state index in [2.05, 4.69) is 10.1 Å². The first-order valence-corrected chi connectivity index (χ1v) is 7.35. The average molecular weight is 316 g/mol. The summed E-state index contributed by atoms with van der Waals surface area (Å²) in [7, 11) is 0. The van der Waals surface area contributed by atoms with E-state index in [1.807, 2.05) is 12.3 Å². The summed E-state index contributed by atoms with van der Waals surface area (Å²) in [5, 5.41) is 6.63. The molecule has 3 aromatic heterocycles. The van der Waals surface area contributed by atoms with Crippen LogP contribution in [0.4, 0.5) is 0 Å². The first-order valence-electron chi connectivity index (χ1n) is 6.47. The third kappa shape index (κ3) is 3.50. The van der Waals surface area contributed by atoms with Gasteiger partial charge in [0.25, 0.3) is 0 Å². The van der Waals surface area contributed by atoms with Crippen molar-refractivity contribution < 1.29 is 18.5 Å². The summed E-state index contributed by atoms with van der Waals surface area (Å²) in [6.07, 6.45) is 4.49. The third-order valence-electron chi connectivity index (χ3n) is 2.71. The van der Waals surface area contributed by atoms with Gasteiger partial charge in [-0.25, -0.2) is 9.78 Å². The van der Waals surface area contributed by atoms with Crippen LogP contribution in [-0.4, -0.2) is 16.1 Å². The second-order valence-electron chi connectivity index (χ2n) is 4.39. The maximum atomic E-state index is 11.6. The number of rotatable bonds is 5. The minimum atomic E-state index is -0.465. The number of aromatic nitrogens is 2. The number of hydrogen-bond donors (Lipinski definition) is 0. The van der Waals surface area contributed by atoms with Gasteiger partial charge < -0.3 is 13.7 Å². The van der Waals surface area contributed by atoms with Crippen LogP contribution < -0.4 is 0 Å². The first-order chi connectivity index (χ1) is 10.7. The molecule has 112 valence electrons. The second kappa shape index (κ2) is 6.40. The molecule has 0 N–H and O–H groups in total. The molecule has 22 heavy (non-hydrogen) atoms. The quantitative estimate of drug-likeness (QED) is 0.530. The molecule has 0 amide bonds. The van der Waals surface area contributed by atoms with Crippen molar-refractivity contribution in [3.05, 3.63) is 52.3 Å². The number of furan rings is 1. The van der Waals surface area contributed by atoms with Crippen LogP contribution >= 0.6 is 11.3 Å². The van der Waals surface area contributed by atoms with Crippen LogP contribution in [0, 0.1) is 6.92 Å². The minimum Gasteiger partial charge on any atom is -0.461 e. The number of ether oxygens (including phenoxy) is 1. The van der Waals surface area contributed by atoms with E-state index in [9.17, 15) is 4.79 Å².